The maximum absolute atomic E-state index is 12.3. The number of rotatable bonds is 8. The van der Waals surface area contributed by atoms with Gasteiger partial charge in [0.1, 0.15) is 0 Å². The topological polar surface area (TPSA) is 96.3 Å². The zero-order valence-corrected chi connectivity index (χ0v) is 21.2. The number of amides is 1. The molecule has 0 radical (unpaired) electrons. The van der Waals surface area contributed by atoms with Crippen LogP contribution in [0.25, 0.3) is 21.3 Å². The molecule has 2 aromatic heterocycles. The minimum atomic E-state index is -3.16. The first-order chi connectivity index (χ1) is 15.7. The van der Waals surface area contributed by atoms with E-state index in [4.69, 9.17) is 5.73 Å². The highest BCUT2D eigenvalue weighted by molar-refractivity contribution is 7.89. The Morgan fingerprint density at radius 1 is 1.24 bits per heavy atom. The van der Waals surface area contributed by atoms with Gasteiger partial charge in [-0.25, -0.2) is 12.7 Å². The summed E-state index contributed by atoms with van der Waals surface area (Å²) in [6, 6.07) is 8.35. The van der Waals surface area contributed by atoms with Crippen molar-refractivity contribution in [3.63, 3.8) is 0 Å². The Hall–Kier alpha value is -2.16. The second kappa shape index (κ2) is 9.60. The highest BCUT2D eigenvalue weighted by atomic mass is 32.2. The number of thiophene rings is 1. The molecule has 6 nitrogen and oxygen atoms in total. The van der Waals surface area contributed by atoms with Crippen LogP contribution in [0.15, 0.2) is 30.5 Å². The Morgan fingerprint density at radius 3 is 2.61 bits per heavy atom. The molecule has 1 fully saturated rings. The van der Waals surface area contributed by atoms with E-state index in [1.807, 2.05) is 12.3 Å². The quantitative estimate of drug-likeness (QED) is 0.462. The number of nitrogens with two attached hydrogens (primary N) is 1. The van der Waals surface area contributed by atoms with E-state index in [2.05, 4.69) is 37.0 Å². The SMILES string of the molecule is CCS(=O)(=O)N1CCC(c2c[nH]c3c(C(N)=O)cc(-c4ccc(CCC(C)C)s4)cc23)CC1. The summed E-state index contributed by atoms with van der Waals surface area (Å²) < 4.78 is 26.1. The number of hydrogen-bond donors (Lipinski definition) is 2. The number of aromatic nitrogens is 1. The first-order valence-corrected chi connectivity index (χ1v) is 14.1. The van der Waals surface area contributed by atoms with Crippen molar-refractivity contribution in [2.75, 3.05) is 18.8 Å². The molecule has 0 spiro atoms. The normalized spacial score (nSPS) is 16.1. The Bertz CT molecular complexity index is 1250. The van der Waals surface area contributed by atoms with Gasteiger partial charge in [0.05, 0.1) is 16.8 Å². The predicted molar refractivity (Wildman–Crippen MR) is 136 cm³/mol. The minimum Gasteiger partial charge on any atom is -0.366 e. The number of nitrogens with one attached hydrogen (secondary N) is 1. The van der Waals surface area contributed by atoms with Crippen molar-refractivity contribution in [1.29, 1.82) is 0 Å². The third-order valence-electron chi connectivity index (χ3n) is 6.65. The van der Waals surface area contributed by atoms with Gasteiger partial charge in [0.25, 0.3) is 5.91 Å². The summed E-state index contributed by atoms with van der Waals surface area (Å²) in [6.07, 6.45) is 5.71. The van der Waals surface area contributed by atoms with E-state index in [0.717, 1.165) is 52.6 Å². The molecule has 0 aliphatic carbocycles. The molecule has 33 heavy (non-hydrogen) atoms. The van der Waals surface area contributed by atoms with Crippen LogP contribution in [-0.2, 0) is 16.4 Å². The van der Waals surface area contributed by atoms with Crippen LogP contribution in [0.5, 0.6) is 0 Å². The highest BCUT2D eigenvalue weighted by Gasteiger charge is 2.29. The zero-order valence-electron chi connectivity index (χ0n) is 19.6. The first-order valence-electron chi connectivity index (χ1n) is 11.7. The van der Waals surface area contributed by atoms with Gasteiger partial charge in [-0.05, 0) is 79.8 Å². The van der Waals surface area contributed by atoms with Gasteiger partial charge in [-0.3, -0.25) is 4.79 Å². The second-order valence-corrected chi connectivity index (χ2v) is 12.8. The van der Waals surface area contributed by atoms with E-state index in [1.165, 1.54) is 4.88 Å². The fourth-order valence-electron chi connectivity index (χ4n) is 4.65. The molecule has 3 aromatic rings. The van der Waals surface area contributed by atoms with E-state index in [-0.39, 0.29) is 11.7 Å². The Balaban J connectivity index is 1.67. The van der Waals surface area contributed by atoms with Crippen molar-refractivity contribution in [2.45, 2.75) is 52.4 Å². The molecule has 3 heterocycles. The highest BCUT2D eigenvalue weighted by Crippen LogP contribution is 2.38. The lowest BCUT2D eigenvalue weighted by Gasteiger charge is -2.31. The molecule has 0 bridgehead atoms. The van der Waals surface area contributed by atoms with Crippen molar-refractivity contribution >= 4 is 38.2 Å². The average molecular weight is 488 g/mol. The predicted octanol–water partition coefficient (Wildman–Crippen LogP) is 5.11. The number of sulfonamides is 1. The molecule has 0 saturated carbocycles. The molecule has 1 aromatic carbocycles. The lowest BCUT2D eigenvalue weighted by molar-refractivity contribution is 0.100. The van der Waals surface area contributed by atoms with Crippen LogP contribution in [0.1, 0.15) is 66.8 Å². The molecular weight excluding hydrogens is 454 g/mol. The van der Waals surface area contributed by atoms with Gasteiger partial charge < -0.3 is 10.7 Å². The van der Waals surface area contributed by atoms with Crippen LogP contribution in [0.2, 0.25) is 0 Å². The van der Waals surface area contributed by atoms with E-state index >= 15 is 0 Å². The summed E-state index contributed by atoms with van der Waals surface area (Å²) in [5.74, 6) is 0.587. The van der Waals surface area contributed by atoms with Gasteiger partial charge in [0.15, 0.2) is 0 Å². The Kier molecular flexibility index (Phi) is 6.98. The average Bonchev–Trinajstić information content (AvgIpc) is 3.44. The van der Waals surface area contributed by atoms with Crippen molar-refractivity contribution in [2.24, 2.45) is 11.7 Å². The minimum absolute atomic E-state index is 0.135. The summed E-state index contributed by atoms with van der Waals surface area (Å²) in [6.45, 7) is 7.21. The number of nitrogens with zero attached hydrogens (tertiary/aromatic N) is 1. The van der Waals surface area contributed by atoms with E-state index in [9.17, 15) is 13.2 Å². The summed E-state index contributed by atoms with van der Waals surface area (Å²) in [7, 11) is -3.16. The van der Waals surface area contributed by atoms with Crippen molar-refractivity contribution in [3.8, 4) is 10.4 Å². The van der Waals surface area contributed by atoms with Crippen LogP contribution >= 0.6 is 11.3 Å². The van der Waals surface area contributed by atoms with Crippen LogP contribution in [0, 0.1) is 5.92 Å². The lowest BCUT2D eigenvalue weighted by atomic mass is 9.89. The number of carbonyl (C=O) groups is 1. The number of benzene rings is 1. The fraction of sp³-hybridized carbons (Fsp3) is 0.480. The monoisotopic (exact) mass is 487 g/mol. The molecule has 0 atom stereocenters. The molecule has 1 aliphatic rings. The summed E-state index contributed by atoms with van der Waals surface area (Å²) in [4.78, 5) is 18.0. The third kappa shape index (κ3) is 5.03. The number of piperidine rings is 1. The smallest absolute Gasteiger partial charge is 0.250 e. The second-order valence-electron chi connectivity index (χ2n) is 9.33. The van der Waals surface area contributed by atoms with Gasteiger partial charge in [-0.2, -0.15) is 0 Å². The van der Waals surface area contributed by atoms with Gasteiger partial charge in [0, 0.05) is 34.4 Å². The number of H-pyrrole nitrogens is 1. The molecule has 0 unspecified atom stereocenters. The molecular formula is C25H33N3O3S2. The van der Waals surface area contributed by atoms with Crippen LogP contribution < -0.4 is 5.73 Å². The van der Waals surface area contributed by atoms with Crippen LogP contribution in [-0.4, -0.2) is 42.5 Å². The number of hydrogen-bond acceptors (Lipinski definition) is 4. The number of carbonyl (C=O) groups excluding carboxylic acids is 1. The summed E-state index contributed by atoms with van der Waals surface area (Å²) in [5.41, 5.74) is 9.16. The van der Waals surface area contributed by atoms with E-state index in [0.29, 0.717) is 24.6 Å². The number of aromatic amines is 1. The summed E-state index contributed by atoms with van der Waals surface area (Å²) in [5, 5.41) is 1.01. The van der Waals surface area contributed by atoms with Crippen molar-refractivity contribution in [1.82, 2.24) is 9.29 Å². The van der Waals surface area contributed by atoms with Crippen LogP contribution in [0.4, 0.5) is 0 Å². The largest absolute Gasteiger partial charge is 0.366 e. The molecule has 3 N–H and O–H groups in total. The Morgan fingerprint density at radius 2 is 1.97 bits per heavy atom. The molecule has 4 rings (SSSR count). The van der Waals surface area contributed by atoms with Crippen LogP contribution in [0.3, 0.4) is 0 Å². The van der Waals surface area contributed by atoms with E-state index < -0.39 is 15.9 Å². The van der Waals surface area contributed by atoms with E-state index in [1.54, 1.807) is 22.6 Å². The third-order valence-corrected chi connectivity index (χ3v) is 9.73. The van der Waals surface area contributed by atoms with Crippen molar-refractivity contribution in [3.05, 3.63) is 46.5 Å². The number of fused-ring (bicyclic) bond motifs is 1. The van der Waals surface area contributed by atoms with Gasteiger partial charge in [0.2, 0.25) is 10.0 Å². The molecule has 1 saturated heterocycles. The number of primary amides is 1. The summed E-state index contributed by atoms with van der Waals surface area (Å²) >= 11 is 1.77. The van der Waals surface area contributed by atoms with Gasteiger partial charge in [-0.15, -0.1) is 11.3 Å². The number of aryl methyl sites for hydroxylation is 1. The zero-order chi connectivity index (χ0) is 23.8. The molecule has 8 heteroatoms. The molecule has 178 valence electrons. The first kappa shape index (κ1) is 24.0. The van der Waals surface area contributed by atoms with Gasteiger partial charge >= 0.3 is 0 Å². The standard InChI is InChI=1S/C25H33N3O3S2/c1-4-33(30,31)28-11-9-17(10-12-28)22-15-27-24-20(22)13-18(14-21(24)25(26)29)23-8-7-19(32-23)6-5-16(2)3/h7-8,13-17,27H,4-6,9-12H2,1-3H3,(H2,26,29). The Labute approximate surface area is 200 Å². The maximum Gasteiger partial charge on any atom is 0.250 e. The van der Waals surface area contributed by atoms with Crippen molar-refractivity contribution < 1.29 is 13.2 Å². The maximum atomic E-state index is 12.3. The van der Waals surface area contributed by atoms with Gasteiger partial charge in [-0.1, -0.05) is 13.8 Å². The molecule has 1 aliphatic heterocycles. The molecule has 1 amide bonds. The fourth-order valence-corrected chi connectivity index (χ4v) is 6.80. The lowest BCUT2D eigenvalue weighted by Crippen LogP contribution is -2.38.